The maximum absolute atomic E-state index is 5.31. The molecule has 0 aliphatic heterocycles. The van der Waals surface area contributed by atoms with Gasteiger partial charge in [-0.3, -0.25) is 0 Å². The molecule has 0 fully saturated rings. The van der Waals surface area contributed by atoms with Crippen molar-refractivity contribution in [3.63, 3.8) is 0 Å². The first-order valence-electron chi connectivity index (χ1n) is 4.35. The summed E-state index contributed by atoms with van der Waals surface area (Å²) in [6.45, 7) is 10.6. The summed E-state index contributed by atoms with van der Waals surface area (Å²) < 4.78 is 0. The molecular weight excluding hydrogens is 134 g/mol. The van der Waals surface area contributed by atoms with Gasteiger partial charge in [-0.2, -0.15) is 0 Å². The van der Waals surface area contributed by atoms with E-state index in [1.54, 1.807) is 0 Å². The third kappa shape index (κ3) is 12.6. The predicted octanol–water partition coefficient (Wildman–Crippen LogP) is 2.88. The molecule has 0 atom stereocenters. The molecule has 0 unspecified atom stereocenters. The van der Waals surface area contributed by atoms with Crippen molar-refractivity contribution in [1.29, 1.82) is 0 Å². The van der Waals surface area contributed by atoms with Gasteiger partial charge in [0, 0.05) is 0 Å². The Morgan fingerprint density at radius 2 is 2.00 bits per heavy atom. The minimum atomic E-state index is 0.701. The molecule has 1 heteroatoms. The highest BCUT2D eigenvalue weighted by atomic mass is 14.5. The average Bonchev–Trinajstić information content (AvgIpc) is 2.05. The smallest absolute Gasteiger partial charge is 0.00369 e. The van der Waals surface area contributed by atoms with Crippen LogP contribution in [0.2, 0.25) is 0 Å². The highest BCUT2D eigenvalue weighted by Gasteiger charge is 1.82. The normalized spacial score (nSPS) is 9.09. The lowest BCUT2D eigenvalue weighted by atomic mass is 10.2. The molecule has 0 saturated heterocycles. The third-order valence-electron chi connectivity index (χ3n) is 1.05. The highest BCUT2D eigenvalue weighted by Crippen LogP contribution is 1.97. The van der Waals surface area contributed by atoms with E-state index in [-0.39, 0.29) is 0 Å². The SMILES string of the molecule is C=C(/C=C\CC)CCN.CC. The molecule has 1 nitrogen and oxygen atoms in total. The summed E-state index contributed by atoms with van der Waals surface area (Å²) in [5.41, 5.74) is 6.43. The minimum Gasteiger partial charge on any atom is -0.330 e. The van der Waals surface area contributed by atoms with E-state index in [0.717, 1.165) is 18.4 Å². The van der Waals surface area contributed by atoms with Crippen LogP contribution < -0.4 is 5.73 Å². The van der Waals surface area contributed by atoms with Crippen LogP contribution in [0.15, 0.2) is 24.3 Å². The molecule has 66 valence electrons. The van der Waals surface area contributed by atoms with Crippen LogP contribution in [-0.2, 0) is 0 Å². The van der Waals surface area contributed by atoms with E-state index in [1.165, 1.54) is 0 Å². The van der Waals surface area contributed by atoms with Gasteiger partial charge in [0.1, 0.15) is 0 Å². The van der Waals surface area contributed by atoms with E-state index in [4.69, 9.17) is 5.73 Å². The Morgan fingerprint density at radius 3 is 2.36 bits per heavy atom. The molecule has 0 saturated carbocycles. The number of hydrogen-bond donors (Lipinski definition) is 1. The summed E-state index contributed by atoms with van der Waals surface area (Å²) in [5.74, 6) is 0. The van der Waals surface area contributed by atoms with Gasteiger partial charge in [0.25, 0.3) is 0 Å². The Bertz CT molecular complexity index is 103. The molecule has 0 radical (unpaired) electrons. The first kappa shape index (κ1) is 13.1. The van der Waals surface area contributed by atoms with Gasteiger partial charge in [0.05, 0.1) is 0 Å². The summed E-state index contributed by atoms with van der Waals surface area (Å²) in [4.78, 5) is 0. The molecule has 0 spiro atoms. The van der Waals surface area contributed by atoms with E-state index in [1.807, 2.05) is 19.9 Å². The first-order chi connectivity index (χ1) is 5.31. The second-order valence-electron chi connectivity index (χ2n) is 2.01. The lowest BCUT2D eigenvalue weighted by Crippen LogP contribution is -1.98. The van der Waals surface area contributed by atoms with Crippen molar-refractivity contribution in [2.75, 3.05) is 6.54 Å². The molecule has 0 rings (SSSR count). The van der Waals surface area contributed by atoms with Crippen LogP contribution in [0.3, 0.4) is 0 Å². The van der Waals surface area contributed by atoms with E-state index in [0.29, 0.717) is 6.54 Å². The van der Waals surface area contributed by atoms with E-state index in [9.17, 15) is 0 Å². The van der Waals surface area contributed by atoms with Gasteiger partial charge in [-0.05, 0) is 19.4 Å². The average molecular weight is 155 g/mol. The summed E-state index contributed by atoms with van der Waals surface area (Å²) in [6.07, 6.45) is 6.12. The zero-order valence-electron chi connectivity index (χ0n) is 8.06. The quantitative estimate of drug-likeness (QED) is 0.621. The number of rotatable bonds is 4. The zero-order chi connectivity index (χ0) is 9.11. The van der Waals surface area contributed by atoms with E-state index >= 15 is 0 Å². The Kier molecular flexibility index (Phi) is 14.4. The molecule has 0 heterocycles. The van der Waals surface area contributed by atoms with Gasteiger partial charge in [-0.15, -0.1) is 0 Å². The van der Waals surface area contributed by atoms with Crippen molar-refractivity contribution in [2.24, 2.45) is 5.73 Å². The Balaban J connectivity index is 0. The Labute approximate surface area is 71.0 Å². The van der Waals surface area contributed by atoms with Crippen molar-refractivity contribution >= 4 is 0 Å². The van der Waals surface area contributed by atoms with Crippen molar-refractivity contribution < 1.29 is 0 Å². The molecular formula is C10H21N. The largest absolute Gasteiger partial charge is 0.330 e. The van der Waals surface area contributed by atoms with Crippen LogP contribution in [0.5, 0.6) is 0 Å². The molecule has 0 bridgehead atoms. The van der Waals surface area contributed by atoms with Gasteiger partial charge < -0.3 is 5.73 Å². The van der Waals surface area contributed by atoms with Crippen LogP contribution in [0, 0.1) is 0 Å². The summed E-state index contributed by atoms with van der Waals surface area (Å²) >= 11 is 0. The molecule has 0 aromatic rings. The van der Waals surface area contributed by atoms with Gasteiger partial charge in [-0.1, -0.05) is 45.1 Å². The van der Waals surface area contributed by atoms with Crippen LogP contribution in [0.1, 0.15) is 33.6 Å². The predicted molar refractivity (Wildman–Crippen MR) is 53.6 cm³/mol. The third-order valence-corrected chi connectivity index (χ3v) is 1.05. The number of hydrogen-bond acceptors (Lipinski definition) is 1. The van der Waals surface area contributed by atoms with Gasteiger partial charge >= 0.3 is 0 Å². The maximum atomic E-state index is 5.31. The van der Waals surface area contributed by atoms with Crippen LogP contribution in [-0.4, -0.2) is 6.54 Å². The topological polar surface area (TPSA) is 26.0 Å². The molecule has 2 N–H and O–H groups in total. The maximum Gasteiger partial charge on any atom is -0.00369 e. The van der Waals surface area contributed by atoms with E-state index < -0.39 is 0 Å². The minimum absolute atomic E-state index is 0.701. The fraction of sp³-hybridized carbons (Fsp3) is 0.600. The first-order valence-corrected chi connectivity index (χ1v) is 4.35. The summed E-state index contributed by atoms with van der Waals surface area (Å²) in [7, 11) is 0. The lowest BCUT2D eigenvalue weighted by molar-refractivity contribution is 0.975. The van der Waals surface area contributed by atoms with Crippen molar-refractivity contribution in [1.82, 2.24) is 0 Å². The molecule has 0 aliphatic rings. The Morgan fingerprint density at radius 1 is 1.45 bits per heavy atom. The molecule has 0 aromatic heterocycles. The summed E-state index contributed by atoms with van der Waals surface area (Å²) in [6, 6.07) is 0. The van der Waals surface area contributed by atoms with Crippen molar-refractivity contribution in [2.45, 2.75) is 33.6 Å². The van der Waals surface area contributed by atoms with Crippen molar-refractivity contribution in [3.05, 3.63) is 24.3 Å². The summed E-state index contributed by atoms with van der Waals surface area (Å²) in [5, 5.41) is 0. The van der Waals surface area contributed by atoms with Gasteiger partial charge in [-0.25, -0.2) is 0 Å². The fourth-order valence-corrected chi connectivity index (χ4v) is 0.553. The second kappa shape index (κ2) is 12.1. The zero-order valence-corrected chi connectivity index (χ0v) is 8.06. The van der Waals surface area contributed by atoms with Crippen molar-refractivity contribution in [3.8, 4) is 0 Å². The molecule has 0 aromatic carbocycles. The monoisotopic (exact) mass is 155 g/mol. The fourth-order valence-electron chi connectivity index (χ4n) is 0.553. The van der Waals surface area contributed by atoms with Crippen LogP contribution >= 0.6 is 0 Å². The van der Waals surface area contributed by atoms with Crippen LogP contribution in [0.4, 0.5) is 0 Å². The second-order valence-corrected chi connectivity index (χ2v) is 2.01. The number of nitrogens with two attached hydrogens (primary N) is 1. The molecule has 0 amide bonds. The van der Waals surface area contributed by atoms with E-state index in [2.05, 4.69) is 19.6 Å². The standard InChI is InChI=1S/C8H15N.C2H6/c1-3-4-5-8(2)6-7-9;1-2/h4-5H,2-3,6-7,9H2,1H3;1-2H3/b5-4-;. The van der Waals surface area contributed by atoms with Gasteiger partial charge in [0.15, 0.2) is 0 Å². The number of allylic oxidation sites excluding steroid dienone is 2. The molecule has 0 aliphatic carbocycles. The lowest BCUT2D eigenvalue weighted by Gasteiger charge is -1.92. The van der Waals surface area contributed by atoms with Crippen LogP contribution in [0.25, 0.3) is 0 Å². The highest BCUT2D eigenvalue weighted by molar-refractivity contribution is 5.13. The Hall–Kier alpha value is -0.560. The molecule has 11 heavy (non-hydrogen) atoms. The van der Waals surface area contributed by atoms with Gasteiger partial charge in [0.2, 0.25) is 0 Å².